The van der Waals surface area contributed by atoms with E-state index in [1.165, 1.54) is 0 Å². The van der Waals surface area contributed by atoms with Crippen LogP contribution >= 0.6 is 0 Å². The van der Waals surface area contributed by atoms with Gasteiger partial charge in [-0.1, -0.05) is 6.07 Å². The molecule has 3 rings (SSSR count). The van der Waals surface area contributed by atoms with Gasteiger partial charge in [0.25, 0.3) is 0 Å². The van der Waals surface area contributed by atoms with Crippen molar-refractivity contribution in [3.63, 3.8) is 0 Å². The highest BCUT2D eigenvalue weighted by Crippen LogP contribution is 2.14. The summed E-state index contributed by atoms with van der Waals surface area (Å²) in [7, 11) is 0. The van der Waals surface area contributed by atoms with Gasteiger partial charge in [-0.2, -0.15) is 0 Å². The largest absolute Gasteiger partial charge is 0.357 e. The monoisotopic (exact) mass is 430 g/mol. The summed E-state index contributed by atoms with van der Waals surface area (Å²) >= 11 is 0. The number of amides is 1. The molecule has 1 aromatic heterocycles. The zero-order chi connectivity index (χ0) is 22.1. The number of guanidine groups is 1. The van der Waals surface area contributed by atoms with Crippen molar-refractivity contribution in [1.82, 2.24) is 24.6 Å². The van der Waals surface area contributed by atoms with E-state index in [2.05, 4.69) is 22.0 Å². The number of hydrogen-bond acceptors (Lipinski definition) is 4. The van der Waals surface area contributed by atoms with Crippen LogP contribution in [0, 0.1) is 0 Å². The summed E-state index contributed by atoms with van der Waals surface area (Å²) in [6, 6.07) is 5.22. The van der Waals surface area contributed by atoms with Crippen molar-refractivity contribution in [1.29, 1.82) is 0 Å². The van der Waals surface area contributed by atoms with Crippen LogP contribution in [-0.4, -0.2) is 89.5 Å². The van der Waals surface area contributed by atoms with Crippen LogP contribution in [0.4, 0.5) is 0 Å². The minimum absolute atomic E-state index is 0.0406. The van der Waals surface area contributed by atoms with E-state index in [0.29, 0.717) is 0 Å². The lowest BCUT2D eigenvalue weighted by atomic mass is 10.2. The van der Waals surface area contributed by atoms with Gasteiger partial charge < -0.3 is 19.7 Å². The van der Waals surface area contributed by atoms with Crippen molar-refractivity contribution in [3.8, 4) is 0 Å². The lowest BCUT2D eigenvalue weighted by Crippen LogP contribution is -2.57. The summed E-state index contributed by atoms with van der Waals surface area (Å²) in [4.78, 5) is 35.9. The van der Waals surface area contributed by atoms with Gasteiger partial charge in [-0.3, -0.25) is 19.5 Å². The molecule has 1 aromatic rings. The first-order chi connectivity index (χ1) is 15.1. The number of pyridine rings is 1. The maximum Gasteiger partial charge on any atom is 0.250 e. The van der Waals surface area contributed by atoms with Gasteiger partial charge in [0.05, 0.1) is 6.04 Å². The fourth-order valence-electron chi connectivity index (χ4n) is 4.33. The van der Waals surface area contributed by atoms with Gasteiger partial charge in [0.1, 0.15) is 0 Å². The topological polar surface area (TPSA) is 73.2 Å². The van der Waals surface area contributed by atoms with Crippen molar-refractivity contribution in [2.75, 3.05) is 52.4 Å². The lowest BCUT2D eigenvalue weighted by Gasteiger charge is -2.39. The Balaban J connectivity index is 1.44. The molecule has 0 radical (unpaired) electrons. The van der Waals surface area contributed by atoms with Gasteiger partial charge in [-0.05, 0) is 45.6 Å². The highest BCUT2D eigenvalue weighted by Gasteiger charge is 2.30. The van der Waals surface area contributed by atoms with Crippen molar-refractivity contribution >= 4 is 11.9 Å². The molecular weight excluding hydrogens is 392 g/mol. The summed E-state index contributed by atoms with van der Waals surface area (Å²) in [5.74, 6) is 1.24. The Kier molecular flexibility index (Phi) is 8.94. The molecule has 2 saturated heterocycles. The quantitative estimate of drug-likeness (QED) is 0.381. The molecule has 172 valence electrons. The molecule has 31 heavy (non-hydrogen) atoms. The number of likely N-dealkylation sites (tertiary alicyclic amines) is 1. The molecule has 0 saturated carbocycles. The molecule has 2 aliphatic heterocycles. The third-order valence-corrected chi connectivity index (χ3v) is 6.24. The molecule has 2 fully saturated rings. The van der Waals surface area contributed by atoms with E-state index in [4.69, 9.17) is 4.99 Å². The first-order valence-electron chi connectivity index (χ1n) is 11.8. The van der Waals surface area contributed by atoms with Crippen LogP contribution in [0.1, 0.15) is 39.5 Å². The van der Waals surface area contributed by atoms with Crippen LogP contribution in [0.2, 0.25) is 0 Å². The molecule has 8 heteroatoms. The van der Waals surface area contributed by atoms with Crippen LogP contribution in [0.25, 0.3) is 0 Å². The number of piperazine rings is 1. The smallest absolute Gasteiger partial charge is 0.250 e. The second-order valence-electron chi connectivity index (χ2n) is 8.41. The Bertz CT molecular complexity index is 778. The van der Waals surface area contributed by atoms with Crippen LogP contribution in [0.5, 0.6) is 0 Å². The van der Waals surface area contributed by atoms with Gasteiger partial charge in [0.15, 0.2) is 5.96 Å². The van der Waals surface area contributed by atoms with Gasteiger partial charge in [0.2, 0.25) is 11.5 Å². The van der Waals surface area contributed by atoms with Crippen molar-refractivity contribution in [2.45, 2.75) is 52.1 Å². The van der Waals surface area contributed by atoms with E-state index in [0.717, 1.165) is 90.5 Å². The molecule has 8 nitrogen and oxygen atoms in total. The number of hydrogen-bond donors (Lipinski definition) is 1. The molecule has 1 atom stereocenters. The van der Waals surface area contributed by atoms with E-state index >= 15 is 0 Å². The first kappa shape index (κ1) is 23.3. The van der Waals surface area contributed by atoms with Gasteiger partial charge >= 0.3 is 0 Å². The minimum Gasteiger partial charge on any atom is -0.357 e. The van der Waals surface area contributed by atoms with Crippen LogP contribution in [0.3, 0.4) is 0 Å². The summed E-state index contributed by atoms with van der Waals surface area (Å²) in [5.41, 5.74) is 0.0506. The number of aromatic nitrogens is 1. The maximum absolute atomic E-state index is 12.7. The number of aliphatic imine (C=N–C) groups is 1. The molecule has 0 bridgehead atoms. The maximum atomic E-state index is 12.7. The van der Waals surface area contributed by atoms with E-state index in [9.17, 15) is 9.59 Å². The summed E-state index contributed by atoms with van der Waals surface area (Å²) in [5, 5.41) is 3.41. The highest BCUT2D eigenvalue weighted by atomic mass is 16.2. The third kappa shape index (κ3) is 6.56. The van der Waals surface area contributed by atoms with Gasteiger partial charge in [0, 0.05) is 71.2 Å². The molecular formula is C23H38N6O2. The average Bonchev–Trinajstić information content (AvgIpc) is 3.33. The van der Waals surface area contributed by atoms with E-state index in [1.54, 1.807) is 16.7 Å². The van der Waals surface area contributed by atoms with Crippen molar-refractivity contribution in [2.24, 2.45) is 4.99 Å². The molecule has 0 spiro atoms. The number of carbonyl (C=O) groups excluding carboxylic acids is 1. The second-order valence-corrected chi connectivity index (χ2v) is 8.41. The molecule has 0 aliphatic carbocycles. The van der Waals surface area contributed by atoms with Crippen LogP contribution in [0.15, 0.2) is 34.2 Å². The van der Waals surface area contributed by atoms with Crippen LogP contribution < -0.4 is 10.9 Å². The van der Waals surface area contributed by atoms with Gasteiger partial charge in [-0.25, -0.2) is 0 Å². The molecule has 2 aliphatic rings. The van der Waals surface area contributed by atoms with Crippen molar-refractivity contribution < 1.29 is 4.79 Å². The SMILES string of the molecule is CCNC(=NCCCCn1ccccc1=O)N1CCN(C(C)C(=O)N2CCCC2)CC1. The second kappa shape index (κ2) is 11.9. The number of nitrogens with one attached hydrogen (secondary N) is 1. The summed E-state index contributed by atoms with van der Waals surface area (Å²) in [6.07, 6.45) is 5.98. The first-order valence-corrected chi connectivity index (χ1v) is 11.8. The predicted molar refractivity (Wildman–Crippen MR) is 124 cm³/mol. The number of unbranched alkanes of at least 4 members (excludes halogenated alkanes) is 1. The minimum atomic E-state index is -0.0406. The van der Waals surface area contributed by atoms with Crippen LogP contribution in [-0.2, 0) is 11.3 Å². The zero-order valence-electron chi connectivity index (χ0n) is 19.1. The number of carbonyl (C=O) groups is 1. The average molecular weight is 431 g/mol. The summed E-state index contributed by atoms with van der Waals surface area (Å²) in [6.45, 7) is 11.8. The molecule has 0 aromatic carbocycles. The fourth-order valence-corrected chi connectivity index (χ4v) is 4.33. The zero-order valence-corrected chi connectivity index (χ0v) is 19.1. The predicted octanol–water partition coefficient (Wildman–Crippen LogP) is 1.22. The van der Waals surface area contributed by atoms with E-state index < -0.39 is 0 Å². The number of aryl methyl sites for hydroxylation is 1. The highest BCUT2D eigenvalue weighted by molar-refractivity contribution is 5.82. The number of rotatable bonds is 8. The normalized spacial score (nSPS) is 19.0. The molecule has 1 unspecified atom stereocenters. The summed E-state index contributed by atoms with van der Waals surface area (Å²) < 4.78 is 1.75. The Hall–Kier alpha value is -2.35. The van der Waals surface area contributed by atoms with E-state index in [-0.39, 0.29) is 17.5 Å². The van der Waals surface area contributed by atoms with Gasteiger partial charge in [-0.15, -0.1) is 0 Å². The lowest BCUT2D eigenvalue weighted by molar-refractivity contribution is -0.135. The Morgan fingerprint density at radius 1 is 1.06 bits per heavy atom. The molecule has 1 amide bonds. The fraction of sp³-hybridized carbons (Fsp3) is 0.696. The Morgan fingerprint density at radius 3 is 2.48 bits per heavy atom. The Morgan fingerprint density at radius 2 is 1.81 bits per heavy atom. The molecule has 3 heterocycles. The molecule has 1 N–H and O–H groups in total. The Labute approximate surface area is 185 Å². The van der Waals surface area contributed by atoms with E-state index in [1.807, 2.05) is 24.1 Å². The third-order valence-electron chi connectivity index (χ3n) is 6.24. The standard InChI is InChI=1S/C23H38N6O2/c1-3-24-23(25-11-5-7-13-27-12-6-4-10-21(27)30)29-18-16-26(17-19-29)20(2)22(31)28-14-8-9-15-28/h4,6,10,12,20H,3,5,7-9,11,13-19H2,1-2H3,(H,24,25). The number of nitrogens with zero attached hydrogens (tertiary/aromatic N) is 5. The van der Waals surface area contributed by atoms with Crippen molar-refractivity contribution in [3.05, 3.63) is 34.7 Å².